The maximum Gasteiger partial charge on any atom is 0.305 e. The van der Waals surface area contributed by atoms with Gasteiger partial charge in [0.05, 0.1) is 12.0 Å². The Kier molecular flexibility index (Phi) is 5.50. The molecule has 0 radical (unpaired) electrons. The molecule has 0 bridgehead atoms. The molecule has 1 N–H and O–H groups in total. The van der Waals surface area contributed by atoms with E-state index in [-0.39, 0.29) is 23.6 Å². The van der Waals surface area contributed by atoms with Crippen molar-refractivity contribution in [2.45, 2.75) is 18.4 Å². The molecule has 0 aromatic carbocycles. The molecule has 9 heteroatoms. The van der Waals surface area contributed by atoms with Gasteiger partial charge in [-0.05, 0) is 6.92 Å². The average molecular weight is 318 g/mol. The van der Waals surface area contributed by atoms with Crippen molar-refractivity contribution >= 4 is 21.9 Å². The number of rotatable bonds is 7. The molecule has 1 heterocycles. The minimum Gasteiger partial charge on any atom is -0.481 e. The minimum absolute atomic E-state index is 0.0472. The van der Waals surface area contributed by atoms with Crippen molar-refractivity contribution in [3.8, 4) is 0 Å². The minimum atomic E-state index is -3.75. The topological polar surface area (TPSA) is 108 Å². The van der Waals surface area contributed by atoms with E-state index in [1.165, 1.54) is 19.0 Å². The van der Waals surface area contributed by atoms with Crippen molar-refractivity contribution in [3.05, 3.63) is 17.9 Å². The first kappa shape index (κ1) is 17.2. The van der Waals surface area contributed by atoms with E-state index in [0.717, 1.165) is 16.6 Å². The van der Waals surface area contributed by atoms with E-state index in [9.17, 15) is 18.0 Å². The van der Waals surface area contributed by atoms with Crippen LogP contribution in [0.15, 0.2) is 21.8 Å². The zero-order chi connectivity index (χ0) is 16.2. The molecule has 1 aromatic heterocycles. The largest absolute Gasteiger partial charge is 0.481 e. The summed E-state index contributed by atoms with van der Waals surface area (Å²) in [6.45, 7) is 2.07. The highest BCUT2D eigenvalue weighted by Crippen LogP contribution is 2.18. The molecule has 0 fully saturated rings. The molecule has 1 rings (SSSR count). The number of aliphatic carboxylic acids is 1. The van der Waals surface area contributed by atoms with Crippen LogP contribution in [0.25, 0.3) is 0 Å². The van der Waals surface area contributed by atoms with Gasteiger partial charge >= 0.3 is 5.97 Å². The predicted molar refractivity (Wildman–Crippen MR) is 73.4 cm³/mol. The van der Waals surface area contributed by atoms with E-state index in [2.05, 4.69) is 0 Å². The van der Waals surface area contributed by atoms with Crippen molar-refractivity contribution in [3.63, 3.8) is 0 Å². The molecule has 8 nitrogen and oxygen atoms in total. The third kappa shape index (κ3) is 4.05. The Morgan fingerprint density at radius 1 is 1.33 bits per heavy atom. The summed E-state index contributed by atoms with van der Waals surface area (Å²) in [5, 5.41) is 8.31. The molecule has 0 atom stereocenters. The van der Waals surface area contributed by atoms with Gasteiger partial charge in [-0.2, -0.15) is 0 Å². The fourth-order valence-electron chi connectivity index (χ4n) is 1.56. The molecule has 1 amide bonds. The van der Waals surface area contributed by atoms with Crippen molar-refractivity contribution in [1.82, 2.24) is 9.21 Å². The third-order valence-electron chi connectivity index (χ3n) is 2.82. The maximum absolute atomic E-state index is 12.2. The van der Waals surface area contributed by atoms with E-state index in [4.69, 9.17) is 9.52 Å². The van der Waals surface area contributed by atoms with E-state index in [1.807, 2.05) is 0 Å². The van der Waals surface area contributed by atoms with Gasteiger partial charge in [0.15, 0.2) is 0 Å². The second-order valence-corrected chi connectivity index (χ2v) is 6.55. The van der Waals surface area contributed by atoms with Gasteiger partial charge in [0.1, 0.15) is 6.26 Å². The fraction of sp³-hybridized carbons (Fsp3) is 0.500. The smallest absolute Gasteiger partial charge is 0.305 e. The van der Waals surface area contributed by atoms with Crippen molar-refractivity contribution in [1.29, 1.82) is 0 Å². The van der Waals surface area contributed by atoms with Crippen LogP contribution in [-0.4, -0.2) is 61.8 Å². The van der Waals surface area contributed by atoms with Gasteiger partial charge in [0.2, 0.25) is 5.09 Å². The Morgan fingerprint density at radius 3 is 2.43 bits per heavy atom. The molecule has 0 aliphatic rings. The van der Waals surface area contributed by atoms with Gasteiger partial charge in [0, 0.05) is 33.3 Å². The Bertz CT molecular complexity index is 619. The van der Waals surface area contributed by atoms with Crippen LogP contribution in [0.5, 0.6) is 0 Å². The fourth-order valence-corrected chi connectivity index (χ4v) is 2.37. The van der Waals surface area contributed by atoms with Gasteiger partial charge in [-0.25, -0.2) is 12.7 Å². The lowest BCUT2D eigenvalue weighted by molar-refractivity contribution is -0.137. The number of carboxylic acid groups (broad SMARTS) is 1. The lowest BCUT2D eigenvalue weighted by Crippen LogP contribution is -2.32. The van der Waals surface area contributed by atoms with Gasteiger partial charge in [-0.15, -0.1) is 0 Å². The molecular weight excluding hydrogens is 300 g/mol. The van der Waals surface area contributed by atoms with Crippen LogP contribution in [0.4, 0.5) is 0 Å². The standard InChI is InChI=1S/C12H18N2O6S/c1-4-14(6-5-10(15)16)12(17)9-7-11(20-8-9)21(18,19)13(2)3/h7-8H,4-6H2,1-3H3,(H,15,16). The Balaban J connectivity index is 2.94. The molecule has 21 heavy (non-hydrogen) atoms. The van der Waals surface area contributed by atoms with Gasteiger partial charge in [-0.1, -0.05) is 0 Å². The number of sulfonamides is 1. The highest BCUT2D eigenvalue weighted by atomic mass is 32.2. The number of carboxylic acids is 1. The lowest BCUT2D eigenvalue weighted by Gasteiger charge is -2.18. The van der Waals surface area contributed by atoms with Crippen LogP contribution >= 0.6 is 0 Å². The SMILES string of the molecule is CCN(CCC(=O)O)C(=O)c1coc(S(=O)(=O)N(C)C)c1. The van der Waals surface area contributed by atoms with E-state index in [0.29, 0.717) is 6.54 Å². The summed E-state index contributed by atoms with van der Waals surface area (Å²) in [5.74, 6) is -1.48. The molecule has 0 saturated carbocycles. The zero-order valence-corrected chi connectivity index (χ0v) is 12.9. The maximum atomic E-state index is 12.2. The first-order valence-electron chi connectivity index (χ1n) is 6.22. The van der Waals surface area contributed by atoms with E-state index in [1.54, 1.807) is 6.92 Å². The van der Waals surface area contributed by atoms with Crippen molar-refractivity contribution < 1.29 is 27.5 Å². The van der Waals surface area contributed by atoms with Crippen LogP contribution in [-0.2, 0) is 14.8 Å². The number of hydrogen-bond donors (Lipinski definition) is 1. The molecule has 0 spiro atoms. The third-order valence-corrected chi connectivity index (χ3v) is 4.51. The molecular formula is C12H18N2O6S. The number of amides is 1. The number of carbonyl (C=O) groups excluding carboxylic acids is 1. The first-order chi connectivity index (χ1) is 9.70. The summed E-state index contributed by atoms with van der Waals surface area (Å²) >= 11 is 0. The summed E-state index contributed by atoms with van der Waals surface area (Å²) in [6.07, 6.45) is 0.877. The van der Waals surface area contributed by atoms with Gasteiger partial charge in [-0.3, -0.25) is 9.59 Å². The number of hydrogen-bond acceptors (Lipinski definition) is 5. The van der Waals surface area contributed by atoms with E-state index >= 15 is 0 Å². The molecule has 0 aliphatic carbocycles. The summed E-state index contributed by atoms with van der Waals surface area (Å²) in [4.78, 5) is 24.0. The zero-order valence-electron chi connectivity index (χ0n) is 12.1. The van der Waals surface area contributed by atoms with Crippen LogP contribution in [0.2, 0.25) is 0 Å². The number of furan rings is 1. The number of nitrogens with zero attached hydrogens (tertiary/aromatic N) is 2. The van der Waals surface area contributed by atoms with Crippen LogP contribution in [0, 0.1) is 0 Å². The quantitative estimate of drug-likeness (QED) is 0.782. The summed E-state index contributed by atoms with van der Waals surface area (Å²) < 4.78 is 29.6. The Morgan fingerprint density at radius 2 is 1.95 bits per heavy atom. The summed E-state index contributed by atoms with van der Waals surface area (Å²) in [6, 6.07) is 1.14. The molecule has 0 unspecified atom stereocenters. The highest BCUT2D eigenvalue weighted by Gasteiger charge is 2.25. The Hall–Kier alpha value is -1.87. The van der Waals surface area contributed by atoms with Crippen LogP contribution in [0.3, 0.4) is 0 Å². The molecule has 1 aromatic rings. The van der Waals surface area contributed by atoms with Gasteiger partial charge in [0.25, 0.3) is 15.9 Å². The average Bonchev–Trinajstić information content (AvgIpc) is 2.88. The molecule has 0 saturated heterocycles. The van der Waals surface area contributed by atoms with Crippen molar-refractivity contribution in [2.24, 2.45) is 0 Å². The van der Waals surface area contributed by atoms with Gasteiger partial charge < -0.3 is 14.4 Å². The van der Waals surface area contributed by atoms with Crippen molar-refractivity contribution in [2.75, 3.05) is 27.2 Å². The van der Waals surface area contributed by atoms with Crippen LogP contribution in [0.1, 0.15) is 23.7 Å². The molecule has 118 valence electrons. The monoisotopic (exact) mass is 318 g/mol. The Labute approximate surface area is 123 Å². The highest BCUT2D eigenvalue weighted by molar-refractivity contribution is 7.88. The lowest BCUT2D eigenvalue weighted by atomic mass is 10.2. The second kappa shape index (κ2) is 6.72. The van der Waals surface area contributed by atoms with Crippen LogP contribution < -0.4 is 0 Å². The van der Waals surface area contributed by atoms with E-state index < -0.39 is 21.9 Å². The number of carbonyl (C=O) groups is 2. The summed E-state index contributed by atoms with van der Waals surface area (Å²) in [5.41, 5.74) is 0.0719. The predicted octanol–water partition coefficient (Wildman–Crippen LogP) is 0.467. The molecule has 0 aliphatic heterocycles. The normalized spacial score (nSPS) is 11.6. The summed E-state index contributed by atoms with van der Waals surface area (Å²) in [7, 11) is -1.04. The second-order valence-electron chi connectivity index (χ2n) is 4.47. The first-order valence-corrected chi connectivity index (χ1v) is 7.66.